The summed E-state index contributed by atoms with van der Waals surface area (Å²) in [5.74, 6) is 0.186. The van der Waals surface area contributed by atoms with Crippen LogP contribution in [0.1, 0.15) is 26.7 Å². The van der Waals surface area contributed by atoms with Crippen molar-refractivity contribution in [3.63, 3.8) is 0 Å². The van der Waals surface area contributed by atoms with E-state index in [1.54, 1.807) is 0 Å². The molecule has 0 aromatic heterocycles. The first-order valence-corrected chi connectivity index (χ1v) is 11.4. The Morgan fingerprint density at radius 2 is 1.58 bits per heavy atom. The smallest absolute Gasteiger partial charge is 0.233 e. The predicted molar refractivity (Wildman–Crippen MR) is 119 cm³/mol. The Labute approximate surface area is 184 Å². The van der Waals surface area contributed by atoms with Gasteiger partial charge in [-0.2, -0.15) is 0 Å². The van der Waals surface area contributed by atoms with Crippen molar-refractivity contribution in [2.75, 3.05) is 44.2 Å². The molecule has 4 rings (SSSR count). The molecule has 2 saturated heterocycles. The van der Waals surface area contributed by atoms with Crippen LogP contribution in [0, 0.1) is 11.8 Å². The average Bonchev–Trinajstić information content (AvgIpc) is 2.99. The van der Waals surface area contributed by atoms with E-state index in [9.17, 15) is 14.7 Å². The number of anilines is 1. The highest BCUT2D eigenvalue weighted by molar-refractivity contribution is 6.05. The lowest BCUT2D eigenvalue weighted by atomic mass is 9.85. The molecule has 31 heavy (non-hydrogen) atoms. The van der Waals surface area contributed by atoms with Crippen molar-refractivity contribution in [3.05, 3.63) is 36.4 Å². The fraction of sp³-hybridized carbons (Fsp3) is 0.583. The maximum atomic E-state index is 12.6. The molecule has 1 aromatic rings. The van der Waals surface area contributed by atoms with E-state index in [2.05, 4.69) is 15.9 Å². The summed E-state index contributed by atoms with van der Waals surface area (Å²) in [6, 6.07) is 8.10. The van der Waals surface area contributed by atoms with Gasteiger partial charge in [0.15, 0.2) is 0 Å². The molecule has 1 aromatic carbocycles. The zero-order valence-electron chi connectivity index (χ0n) is 18.4. The second kappa shape index (κ2) is 9.40. The number of benzene rings is 1. The highest BCUT2D eigenvalue weighted by Gasteiger charge is 2.47. The number of β-amino-alcohol motifs (C(OH)–C–C–N with tert-alkyl or cyclic N) is 1. The number of imide groups is 1. The molecule has 168 valence electrons. The van der Waals surface area contributed by atoms with Crippen molar-refractivity contribution >= 4 is 17.5 Å². The third-order valence-corrected chi connectivity index (χ3v) is 6.40. The number of ether oxygens (including phenoxy) is 1. The Hall–Kier alpha value is -2.38. The minimum Gasteiger partial charge on any atom is -0.489 e. The van der Waals surface area contributed by atoms with E-state index in [0.29, 0.717) is 19.4 Å². The first-order valence-electron chi connectivity index (χ1n) is 11.4. The van der Waals surface area contributed by atoms with E-state index in [0.717, 1.165) is 37.6 Å². The van der Waals surface area contributed by atoms with Crippen molar-refractivity contribution in [3.8, 4) is 5.75 Å². The van der Waals surface area contributed by atoms with Crippen LogP contribution in [-0.4, -0.2) is 78.2 Å². The van der Waals surface area contributed by atoms with Gasteiger partial charge in [-0.15, -0.1) is 0 Å². The Kier molecular flexibility index (Phi) is 6.62. The summed E-state index contributed by atoms with van der Waals surface area (Å²) < 4.78 is 5.96. The molecular weight excluding hydrogens is 394 g/mol. The number of rotatable bonds is 7. The van der Waals surface area contributed by atoms with Gasteiger partial charge in [-0.25, -0.2) is 0 Å². The lowest BCUT2D eigenvalue weighted by molar-refractivity contribution is -0.141. The summed E-state index contributed by atoms with van der Waals surface area (Å²) in [7, 11) is 0. The third kappa shape index (κ3) is 4.77. The van der Waals surface area contributed by atoms with Crippen LogP contribution in [0.4, 0.5) is 5.69 Å². The van der Waals surface area contributed by atoms with Gasteiger partial charge in [-0.05, 0) is 38.8 Å². The zero-order chi connectivity index (χ0) is 22.0. The topological polar surface area (TPSA) is 73.3 Å². The van der Waals surface area contributed by atoms with Gasteiger partial charge in [-0.1, -0.05) is 24.3 Å². The van der Waals surface area contributed by atoms with E-state index >= 15 is 0 Å². The van der Waals surface area contributed by atoms with Crippen LogP contribution in [0.2, 0.25) is 0 Å². The number of fused-ring (bicyclic) bond motifs is 1. The first kappa shape index (κ1) is 21.8. The maximum absolute atomic E-state index is 12.6. The molecule has 7 heteroatoms. The number of carbonyl (C=O) groups is 2. The third-order valence-electron chi connectivity index (χ3n) is 6.40. The van der Waals surface area contributed by atoms with Crippen molar-refractivity contribution in [1.29, 1.82) is 0 Å². The SMILES string of the molecule is CC(C)Oc1ccccc1N1CCN(CC(O)CN2C(=O)C3CC=CCC3C2=O)CC1. The number of allylic oxidation sites excluding steroid dienone is 2. The maximum Gasteiger partial charge on any atom is 0.233 e. The van der Waals surface area contributed by atoms with Gasteiger partial charge >= 0.3 is 0 Å². The Morgan fingerprint density at radius 1 is 0.968 bits per heavy atom. The van der Waals surface area contributed by atoms with Gasteiger partial charge in [0.05, 0.1) is 36.3 Å². The van der Waals surface area contributed by atoms with Crippen LogP contribution in [0.3, 0.4) is 0 Å². The lowest BCUT2D eigenvalue weighted by Crippen LogP contribution is -2.50. The second-order valence-corrected chi connectivity index (χ2v) is 9.02. The molecule has 1 aliphatic carbocycles. The summed E-state index contributed by atoms with van der Waals surface area (Å²) in [5.41, 5.74) is 1.10. The molecule has 0 radical (unpaired) electrons. The molecule has 2 amide bonds. The molecule has 3 atom stereocenters. The molecule has 7 nitrogen and oxygen atoms in total. The van der Waals surface area contributed by atoms with Crippen LogP contribution in [0.5, 0.6) is 5.75 Å². The van der Waals surface area contributed by atoms with Gasteiger partial charge in [-0.3, -0.25) is 19.4 Å². The van der Waals surface area contributed by atoms with Crippen LogP contribution in [-0.2, 0) is 9.59 Å². The predicted octanol–water partition coefficient (Wildman–Crippen LogP) is 1.91. The number of hydrogen-bond donors (Lipinski definition) is 1. The number of aliphatic hydroxyl groups is 1. The molecule has 1 N–H and O–H groups in total. The van der Waals surface area contributed by atoms with E-state index in [1.807, 2.05) is 44.2 Å². The summed E-state index contributed by atoms with van der Waals surface area (Å²) in [5, 5.41) is 10.6. The molecule has 3 unspecified atom stereocenters. The fourth-order valence-corrected chi connectivity index (χ4v) is 4.86. The molecule has 0 saturated carbocycles. The highest BCUT2D eigenvalue weighted by atomic mass is 16.5. The number of nitrogens with zero attached hydrogens (tertiary/aromatic N) is 3. The summed E-state index contributed by atoms with van der Waals surface area (Å²) >= 11 is 0. The monoisotopic (exact) mass is 427 g/mol. The molecule has 0 spiro atoms. The van der Waals surface area contributed by atoms with Crippen molar-refractivity contribution < 1.29 is 19.4 Å². The van der Waals surface area contributed by atoms with Gasteiger partial charge in [0, 0.05) is 32.7 Å². The van der Waals surface area contributed by atoms with Crippen LogP contribution in [0.15, 0.2) is 36.4 Å². The van der Waals surface area contributed by atoms with Crippen molar-refractivity contribution in [1.82, 2.24) is 9.80 Å². The van der Waals surface area contributed by atoms with Crippen molar-refractivity contribution in [2.24, 2.45) is 11.8 Å². The van der Waals surface area contributed by atoms with Crippen LogP contribution in [0.25, 0.3) is 0 Å². The van der Waals surface area contributed by atoms with E-state index in [-0.39, 0.29) is 36.3 Å². The molecule has 0 bridgehead atoms. The average molecular weight is 428 g/mol. The molecule has 2 heterocycles. The summed E-state index contributed by atoms with van der Waals surface area (Å²) in [4.78, 5) is 31.0. The van der Waals surface area contributed by atoms with E-state index in [4.69, 9.17) is 4.74 Å². The van der Waals surface area contributed by atoms with Crippen molar-refractivity contribution in [2.45, 2.75) is 38.9 Å². The Bertz CT molecular complexity index is 806. The molecule has 3 aliphatic rings. The van der Waals surface area contributed by atoms with E-state index < -0.39 is 6.10 Å². The lowest BCUT2D eigenvalue weighted by Gasteiger charge is -2.37. The molecule has 2 aliphatic heterocycles. The fourth-order valence-electron chi connectivity index (χ4n) is 4.86. The van der Waals surface area contributed by atoms with Crippen LogP contribution < -0.4 is 9.64 Å². The molecule has 2 fully saturated rings. The highest BCUT2D eigenvalue weighted by Crippen LogP contribution is 2.35. The van der Waals surface area contributed by atoms with Gasteiger partial charge in [0.1, 0.15) is 5.75 Å². The number of hydrogen-bond acceptors (Lipinski definition) is 6. The standard InChI is InChI=1S/C24H33N3O4/c1-17(2)31-22-10-6-5-9-21(22)26-13-11-25(12-14-26)15-18(28)16-27-23(29)19-7-3-4-8-20(19)24(27)30/h3-6,9-10,17-20,28H,7-8,11-16H2,1-2H3. The molecular formula is C24H33N3O4. The zero-order valence-corrected chi connectivity index (χ0v) is 18.4. The number of piperazine rings is 1. The second-order valence-electron chi connectivity index (χ2n) is 9.02. The number of amides is 2. The van der Waals surface area contributed by atoms with Gasteiger partial charge in [0.2, 0.25) is 11.8 Å². The normalized spacial score (nSPS) is 25.3. The summed E-state index contributed by atoms with van der Waals surface area (Å²) in [6.45, 7) is 7.90. The number of likely N-dealkylation sites (tertiary alicyclic amines) is 1. The minimum absolute atomic E-state index is 0.0932. The number of aliphatic hydroxyl groups excluding tert-OH is 1. The Balaban J connectivity index is 1.29. The van der Waals surface area contributed by atoms with Gasteiger partial charge < -0.3 is 14.7 Å². The number of carbonyl (C=O) groups excluding carboxylic acids is 2. The van der Waals surface area contributed by atoms with Gasteiger partial charge in [0.25, 0.3) is 0 Å². The largest absolute Gasteiger partial charge is 0.489 e. The minimum atomic E-state index is -0.732. The summed E-state index contributed by atoms with van der Waals surface area (Å²) in [6.07, 6.45) is 4.61. The quantitative estimate of drug-likeness (QED) is 0.529. The first-order chi connectivity index (χ1) is 14.9. The van der Waals surface area contributed by atoms with Crippen LogP contribution >= 0.6 is 0 Å². The van der Waals surface area contributed by atoms with E-state index in [1.165, 1.54) is 4.90 Å². The number of para-hydroxylation sites is 2. The Morgan fingerprint density at radius 3 is 2.19 bits per heavy atom.